The van der Waals surface area contributed by atoms with E-state index >= 15 is 0 Å². The van der Waals surface area contributed by atoms with Crippen molar-refractivity contribution in [2.45, 2.75) is 13.8 Å². The smallest absolute Gasteiger partial charge is 0.336 e. The van der Waals surface area contributed by atoms with Crippen LogP contribution in [0.15, 0.2) is 36.4 Å². The lowest BCUT2D eigenvalue weighted by molar-refractivity contribution is 0.0689. The Bertz CT molecular complexity index is 775. The summed E-state index contributed by atoms with van der Waals surface area (Å²) in [5.41, 5.74) is 0.307. The molecule has 2 aromatic rings. The molecule has 2 rings (SSSR count). The highest BCUT2D eigenvalue weighted by molar-refractivity contribution is 6.19. The molecule has 0 aliphatic rings. The summed E-state index contributed by atoms with van der Waals surface area (Å²) < 4.78 is 0. The molecule has 2 aromatic carbocycles. The fraction of sp³-hybridized carbons (Fsp3) is 0.118. The van der Waals surface area contributed by atoms with E-state index in [0.717, 1.165) is 0 Å². The number of carbonyl (C=O) groups is 3. The first-order valence-electron chi connectivity index (χ1n) is 6.55. The van der Waals surface area contributed by atoms with Gasteiger partial charge in [0.15, 0.2) is 5.78 Å². The van der Waals surface area contributed by atoms with E-state index in [-0.39, 0.29) is 22.3 Å². The van der Waals surface area contributed by atoms with Crippen LogP contribution in [0.4, 0.5) is 0 Å². The van der Waals surface area contributed by atoms with Crippen LogP contribution < -0.4 is 0 Å². The van der Waals surface area contributed by atoms with Crippen molar-refractivity contribution in [3.05, 3.63) is 69.8 Å². The first kappa shape index (κ1) is 15.4. The molecule has 0 saturated heterocycles. The summed E-state index contributed by atoms with van der Waals surface area (Å²) in [6.45, 7) is 3.18. The zero-order valence-electron chi connectivity index (χ0n) is 12.1. The summed E-state index contributed by atoms with van der Waals surface area (Å²) >= 11 is 0. The lowest BCUT2D eigenvalue weighted by atomic mass is 9.88. The second-order valence-corrected chi connectivity index (χ2v) is 4.92. The zero-order valence-corrected chi connectivity index (χ0v) is 12.1. The Hall–Kier alpha value is -2.95. The average Bonchev–Trinajstić information content (AvgIpc) is 2.48. The van der Waals surface area contributed by atoms with Crippen LogP contribution in [0.2, 0.25) is 0 Å². The lowest BCUT2D eigenvalue weighted by Crippen LogP contribution is -2.18. The summed E-state index contributed by atoms with van der Waals surface area (Å²) in [4.78, 5) is 35.6. The zero-order chi connectivity index (χ0) is 16.4. The van der Waals surface area contributed by atoms with Crippen molar-refractivity contribution >= 4 is 17.7 Å². The third-order valence-corrected chi connectivity index (χ3v) is 3.55. The van der Waals surface area contributed by atoms with Gasteiger partial charge in [0.05, 0.1) is 16.7 Å². The molecule has 0 aliphatic heterocycles. The maximum Gasteiger partial charge on any atom is 0.336 e. The molecule has 0 unspecified atom stereocenters. The average molecular weight is 298 g/mol. The van der Waals surface area contributed by atoms with Crippen molar-refractivity contribution in [1.82, 2.24) is 0 Å². The number of carboxylic acid groups (broad SMARTS) is 2. The molecule has 0 aliphatic carbocycles. The van der Waals surface area contributed by atoms with Gasteiger partial charge in [-0.1, -0.05) is 30.3 Å². The van der Waals surface area contributed by atoms with Crippen LogP contribution >= 0.6 is 0 Å². The van der Waals surface area contributed by atoms with Crippen molar-refractivity contribution in [2.75, 3.05) is 0 Å². The van der Waals surface area contributed by atoms with Crippen LogP contribution in [0.1, 0.15) is 47.8 Å². The summed E-state index contributed by atoms with van der Waals surface area (Å²) in [5, 5.41) is 18.8. The van der Waals surface area contributed by atoms with Gasteiger partial charge in [0.25, 0.3) is 0 Å². The number of carboxylic acids is 2. The van der Waals surface area contributed by atoms with Gasteiger partial charge in [-0.05, 0) is 31.0 Å². The second kappa shape index (κ2) is 5.81. The Morgan fingerprint density at radius 1 is 0.864 bits per heavy atom. The summed E-state index contributed by atoms with van der Waals surface area (Å²) in [6, 6.07) is 9.36. The van der Waals surface area contributed by atoms with E-state index in [1.807, 2.05) is 0 Å². The van der Waals surface area contributed by atoms with E-state index in [1.165, 1.54) is 18.2 Å². The van der Waals surface area contributed by atoms with Gasteiger partial charge in [0, 0.05) is 5.56 Å². The second-order valence-electron chi connectivity index (χ2n) is 4.92. The third-order valence-electron chi connectivity index (χ3n) is 3.55. The SMILES string of the molecule is Cc1cc(C(=O)O)c(C(=O)c2ccccc2)c(C(=O)O)c1C. The number of hydrogen-bond acceptors (Lipinski definition) is 3. The highest BCUT2D eigenvalue weighted by Crippen LogP contribution is 2.25. The van der Waals surface area contributed by atoms with E-state index < -0.39 is 17.7 Å². The fourth-order valence-corrected chi connectivity index (χ4v) is 2.32. The third kappa shape index (κ3) is 2.61. The fourth-order valence-electron chi connectivity index (χ4n) is 2.32. The molecule has 0 atom stereocenters. The molecule has 0 radical (unpaired) electrons. The quantitative estimate of drug-likeness (QED) is 0.847. The first-order chi connectivity index (χ1) is 10.3. The lowest BCUT2D eigenvalue weighted by Gasteiger charge is -2.14. The number of benzene rings is 2. The first-order valence-corrected chi connectivity index (χ1v) is 6.55. The van der Waals surface area contributed by atoms with E-state index in [0.29, 0.717) is 11.1 Å². The van der Waals surface area contributed by atoms with Gasteiger partial charge in [0.1, 0.15) is 0 Å². The Labute approximate surface area is 126 Å². The van der Waals surface area contributed by atoms with E-state index in [4.69, 9.17) is 0 Å². The van der Waals surface area contributed by atoms with Gasteiger partial charge in [-0.15, -0.1) is 0 Å². The molecule has 0 fully saturated rings. The maximum atomic E-state index is 12.6. The molecule has 5 nitrogen and oxygen atoms in total. The number of ketones is 1. The molecule has 0 spiro atoms. The molecule has 0 heterocycles. The Balaban J connectivity index is 2.83. The summed E-state index contributed by atoms with van der Waals surface area (Å²) in [7, 11) is 0. The Morgan fingerprint density at radius 2 is 1.45 bits per heavy atom. The van der Waals surface area contributed by atoms with Gasteiger partial charge < -0.3 is 10.2 Å². The van der Waals surface area contributed by atoms with Gasteiger partial charge >= 0.3 is 11.9 Å². The Morgan fingerprint density at radius 3 is 1.95 bits per heavy atom. The van der Waals surface area contributed by atoms with Gasteiger partial charge in [-0.3, -0.25) is 4.79 Å². The van der Waals surface area contributed by atoms with Crippen LogP contribution in [-0.4, -0.2) is 27.9 Å². The molecule has 2 N–H and O–H groups in total. The molecule has 5 heteroatoms. The van der Waals surface area contributed by atoms with Crippen molar-refractivity contribution < 1.29 is 24.6 Å². The number of aromatic carboxylic acids is 2. The minimum atomic E-state index is -1.33. The normalized spacial score (nSPS) is 10.3. The van der Waals surface area contributed by atoms with Gasteiger partial charge in [0.2, 0.25) is 0 Å². The number of hydrogen-bond donors (Lipinski definition) is 2. The molecule has 0 bridgehead atoms. The molecular formula is C17H14O5. The van der Waals surface area contributed by atoms with Crippen molar-refractivity contribution in [1.29, 1.82) is 0 Å². The topological polar surface area (TPSA) is 91.7 Å². The molecular weight excluding hydrogens is 284 g/mol. The molecule has 0 aromatic heterocycles. The van der Waals surface area contributed by atoms with Crippen LogP contribution in [0.25, 0.3) is 0 Å². The van der Waals surface area contributed by atoms with E-state index in [2.05, 4.69) is 0 Å². The standard InChI is InChI=1S/C17H14O5/c1-9-8-12(16(19)20)14(13(10(9)2)17(21)22)15(18)11-6-4-3-5-7-11/h3-8H,1-2H3,(H,19,20)(H,21,22). The summed E-state index contributed by atoms with van der Waals surface area (Å²) in [6.07, 6.45) is 0. The largest absolute Gasteiger partial charge is 0.478 e. The van der Waals surface area contributed by atoms with Crippen LogP contribution in [0, 0.1) is 13.8 Å². The molecule has 0 amide bonds. The van der Waals surface area contributed by atoms with Crippen LogP contribution in [-0.2, 0) is 0 Å². The minimum Gasteiger partial charge on any atom is -0.478 e. The maximum absolute atomic E-state index is 12.6. The predicted octanol–water partition coefficient (Wildman–Crippen LogP) is 2.93. The predicted molar refractivity (Wildman–Crippen MR) is 79.7 cm³/mol. The van der Waals surface area contributed by atoms with Gasteiger partial charge in [-0.2, -0.15) is 0 Å². The van der Waals surface area contributed by atoms with Crippen LogP contribution in [0.5, 0.6) is 0 Å². The number of rotatable bonds is 4. The Kier molecular flexibility index (Phi) is 4.08. The highest BCUT2D eigenvalue weighted by Gasteiger charge is 2.27. The minimum absolute atomic E-state index is 0.246. The summed E-state index contributed by atoms with van der Waals surface area (Å²) in [5.74, 6) is -3.26. The van der Waals surface area contributed by atoms with E-state index in [1.54, 1.807) is 32.0 Å². The number of aryl methyl sites for hydroxylation is 1. The monoisotopic (exact) mass is 298 g/mol. The van der Waals surface area contributed by atoms with Crippen molar-refractivity contribution in [3.63, 3.8) is 0 Å². The van der Waals surface area contributed by atoms with Gasteiger partial charge in [-0.25, -0.2) is 9.59 Å². The molecule has 0 saturated carbocycles. The van der Waals surface area contributed by atoms with Crippen molar-refractivity contribution in [3.8, 4) is 0 Å². The molecule has 112 valence electrons. The van der Waals surface area contributed by atoms with Crippen molar-refractivity contribution in [2.24, 2.45) is 0 Å². The highest BCUT2D eigenvalue weighted by atomic mass is 16.4. The van der Waals surface area contributed by atoms with E-state index in [9.17, 15) is 24.6 Å². The number of carbonyl (C=O) groups excluding carboxylic acids is 1. The van der Waals surface area contributed by atoms with Crippen LogP contribution in [0.3, 0.4) is 0 Å². The molecule has 22 heavy (non-hydrogen) atoms.